The van der Waals surface area contributed by atoms with Crippen molar-refractivity contribution in [1.82, 2.24) is 4.90 Å². The number of benzene rings is 1. The molecular weight excluding hydrogens is 314 g/mol. The fraction of sp³-hybridized carbons (Fsp3) is 0.650. The van der Waals surface area contributed by atoms with Gasteiger partial charge in [-0.05, 0) is 56.8 Å². The Morgan fingerprint density at radius 3 is 2.56 bits per heavy atom. The van der Waals surface area contributed by atoms with Gasteiger partial charge in [-0.25, -0.2) is 4.99 Å². The number of ether oxygens (including phenoxy) is 2. The van der Waals surface area contributed by atoms with Gasteiger partial charge in [-0.2, -0.15) is 0 Å². The van der Waals surface area contributed by atoms with Crippen LogP contribution >= 0.6 is 0 Å². The van der Waals surface area contributed by atoms with Crippen molar-refractivity contribution in [2.75, 3.05) is 33.4 Å². The van der Waals surface area contributed by atoms with Crippen molar-refractivity contribution >= 4 is 11.5 Å². The number of amidine groups is 1. The summed E-state index contributed by atoms with van der Waals surface area (Å²) in [5.41, 5.74) is 8.37. The second-order valence-corrected chi connectivity index (χ2v) is 7.20. The molecule has 0 amide bonds. The predicted molar refractivity (Wildman–Crippen MR) is 102 cm³/mol. The molecule has 1 aromatic rings. The maximum absolute atomic E-state index is 6.22. The lowest BCUT2D eigenvalue weighted by Crippen LogP contribution is -2.44. The zero-order chi connectivity index (χ0) is 16.6. The molecule has 4 rings (SSSR count). The first-order chi connectivity index (χ1) is 11.7. The Bertz CT molecular complexity index is 647. The number of nitrogens with two attached hydrogens (primary N) is 1. The summed E-state index contributed by atoms with van der Waals surface area (Å²) in [6.45, 7) is 4.29. The first-order valence-corrected chi connectivity index (χ1v) is 9.15. The van der Waals surface area contributed by atoms with Crippen LogP contribution in [0.25, 0.3) is 0 Å². The third kappa shape index (κ3) is 3.10. The zero-order valence-corrected chi connectivity index (χ0v) is 14.5. The summed E-state index contributed by atoms with van der Waals surface area (Å²) >= 11 is 0. The number of hydrogen-bond donors (Lipinski definition) is 1. The Labute approximate surface area is 151 Å². The van der Waals surface area contributed by atoms with E-state index in [-0.39, 0.29) is 12.8 Å². The summed E-state index contributed by atoms with van der Waals surface area (Å²) in [4.78, 5) is 7.11. The fourth-order valence-electron chi connectivity index (χ4n) is 4.20. The molecule has 5 heteroatoms. The zero-order valence-electron chi connectivity index (χ0n) is 14.5. The highest BCUT2D eigenvalue weighted by Crippen LogP contribution is 2.53. The number of rotatable bonds is 6. The minimum absolute atomic E-state index is 0. The van der Waals surface area contributed by atoms with Crippen LogP contribution < -0.4 is 15.2 Å². The summed E-state index contributed by atoms with van der Waals surface area (Å²) in [6.07, 6.45) is 7.10. The van der Waals surface area contributed by atoms with Crippen molar-refractivity contribution in [3.8, 4) is 11.5 Å². The SMILES string of the molecule is C.COc1cc2c(cc1OCCCN1CCCC1)N=C(N)C21CCC1. The van der Waals surface area contributed by atoms with E-state index in [9.17, 15) is 0 Å². The van der Waals surface area contributed by atoms with Crippen LogP contribution in [0, 0.1) is 0 Å². The van der Waals surface area contributed by atoms with Crippen LogP contribution in [0.1, 0.15) is 51.5 Å². The molecule has 1 aliphatic carbocycles. The second-order valence-electron chi connectivity index (χ2n) is 7.20. The summed E-state index contributed by atoms with van der Waals surface area (Å²) in [6, 6.07) is 4.09. The summed E-state index contributed by atoms with van der Waals surface area (Å²) in [5.74, 6) is 2.34. The molecule has 0 bridgehead atoms. The minimum atomic E-state index is -0.0309. The summed E-state index contributed by atoms with van der Waals surface area (Å²) in [7, 11) is 1.70. The molecule has 2 heterocycles. The lowest BCUT2D eigenvalue weighted by atomic mass is 9.64. The Hall–Kier alpha value is -1.75. The molecule has 1 spiro atoms. The minimum Gasteiger partial charge on any atom is -0.493 e. The monoisotopic (exact) mass is 345 g/mol. The molecule has 2 N–H and O–H groups in total. The highest BCUT2D eigenvalue weighted by Gasteiger charge is 2.47. The van der Waals surface area contributed by atoms with Crippen molar-refractivity contribution in [3.63, 3.8) is 0 Å². The normalized spacial score (nSPS) is 20.6. The van der Waals surface area contributed by atoms with E-state index in [0.717, 1.165) is 48.8 Å². The Morgan fingerprint density at radius 2 is 1.92 bits per heavy atom. The van der Waals surface area contributed by atoms with Crippen molar-refractivity contribution in [2.24, 2.45) is 10.7 Å². The number of likely N-dealkylation sites (tertiary alicyclic amines) is 1. The van der Waals surface area contributed by atoms with Crippen LogP contribution in [0.4, 0.5) is 5.69 Å². The fourth-order valence-corrected chi connectivity index (χ4v) is 4.20. The van der Waals surface area contributed by atoms with E-state index in [2.05, 4.69) is 16.0 Å². The van der Waals surface area contributed by atoms with Crippen molar-refractivity contribution in [1.29, 1.82) is 0 Å². The molecule has 1 saturated heterocycles. The molecule has 138 valence electrons. The largest absolute Gasteiger partial charge is 0.493 e. The molecule has 0 radical (unpaired) electrons. The highest BCUT2D eigenvalue weighted by atomic mass is 16.5. The van der Waals surface area contributed by atoms with E-state index in [1.807, 2.05) is 6.07 Å². The summed E-state index contributed by atoms with van der Waals surface area (Å²) in [5, 5.41) is 0. The van der Waals surface area contributed by atoms with E-state index in [1.54, 1.807) is 7.11 Å². The first kappa shape index (κ1) is 18.1. The molecule has 0 unspecified atom stereocenters. The van der Waals surface area contributed by atoms with Crippen LogP contribution in [0.15, 0.2) is 17.1 Å². The van der Waals surface area contributed by atoms with Gasteiger partial charge in [0.05, 0.1) is 24.8 Å². The van der Waals surface area contributed by atoms with Gasteiger partial charge in [-0.3, -0.25) is 0 Å². The molecule has 5 nitrogen and oxygen atoms in total. The van der Waals surface area contributed by atoms with Crippen LogP contribution in [-0.4, -0.2) is 44.1 Å². The van der Waals surface area contributed by atoms with E-state index < -0.39 is 0 Å². The van der Waals surface area contributed by atoms with Gasteiger partial charge in [0.15, 0.2) is 11.5 Å². The number of fused-ring (bicyclic) bond motifs is 2. The Kier molecular flexibility index (Phi) is 5.23. The van der Waals surface area contributed by atoms with Crippen LogP contribution in [0.3, 0.4) is 0 Å². The molecule has 1 aromatic carbocycles. The highest BCUT2D eigenvalue weighted by molar-refractivity contribution is 6.00. The number of hydrogen-bond acceptors (Lipinski definition) is 5. The van der Waals surface area contributed by atoms with E-state index in [4.69, 9.17) is 15.2 Å². The average molecular weight is 345 g/mol. The van der Waals surface area contributed by atoms with E-state index >= 15 is 0 Å². The quantitative estimate of drug-likeness (QED) is 0.800. The van der Waals surface area contributed by atoms with Gasteiger partial charge in [0.2, 0.25) is 0 Å². The molecular formula is C20H31N3O2. The Morgan fingerprint density at radius 1 is 1.16 bits per heavy atom. The molecule has 2 aliphatic heterocycles. The molecule has 1 saturated carbocycles. The standard InChI is InChI=1S/C19H27N3O2.CH4/c1-23-16-12-14-15(21-18(20)19(14)6-4-7-19)13-17(16)24-11-5-10-22-8-2-3-9-22;/h12-13H,2-11H2,1H3,(H2,20,21);1H4. The van der Waals surface area contributed by atoms with Gasteiger partial charge >= 0.3 is 0 Å². The van der Waals surface area contributed by atoms with Crippen molar-refractivity contribution < 1.29 is 9.47 Å². The molecule has 3 aliphatic rings. The second kappa shape index (κ2) is 7.24. The summed E-state index contributed by atoms with van der Waals surface area (Å²) < 4.78 is 11.6. The first-order valence-electron chi connectivity index (χ1n) is 9.15. The van der Waals surface area contributed by atoms with E-state index in [0.29, 0.717) is 6.61 Å². The van der Waals surface area contributed by atoms with Gasteiger partial charge in [0, 0.05) is 12.6 Å². The third-order valence-corrected chi connectivity index (χ3v) is 5.81. The van der Waals surface area contributed by atoms with Crippen molar-refractivity contribution in [3.05, 3.63) is 17.7 Å². The lowest BCUT2D eigenvalue weighted by Gasteiger charge is -2.38. The van der Waals surface area contributed by atoms with Gasteiger partial charge in [-0.15, -0.1) is 0 Å². The third-order valence-electron chi connectivity index (χ3n) is 5.81. The lowest BCUT2D eigenvalue weighted by molar-refractivity contribution is 0.254. The van der Waals surface area contributed by atoms with Crippen molar-refractivity contribution in [2.45, 2.75) is 51.4 Å². The Balaban J connectivity index is 0.00000182. The molecule has 25 heavy (non-hydrogen) atoms. The van der Waals surface area contributed by atoms with Gasteiger partial charge in [0.1, 0.15) is 5.84 Å². The van der Waals surface area contributed by atoms with E-state index in [1.165, 1.54) is 37.9 Å². The topological polar surface area (TPSA) is 60.1 Å². The van der Waals surface area contributed by atoms with Crippen LogP contribution in [-0.2, 0) is 5.41 Å². The van der Waals surface area contributed by atoms with Crippen LogP contribution in [0.5, 0.6) is 11.5 Å². The smallest absolute Gasteiger partial charge is 0.163 e. The van der Waals surface area contributed by atoms with Gasteiger partial charge < -0.3 is 20.1 Å². The van der Waals surface area contributed by atoms with Crippen LogP contribution in [0.2, 0.25) is 0 Å². The van der Waals surface area contributed by atoms with Gasteiger partial charge in [-0.1, -0.05) is 13.8 Å². The maximum atomic E-state index is 6.22. The van der Waals surface area contributed by atoms with Gasteiger partial charge in [0.25, 0.3) is 0 Å². The number of aliphatic imine (C=N–C) groups is 1. The molecule has 2 fully saturated rings. The number of methoxy groups -OCH3 is 1. The number of nitrogens with zero attached hydrogens (tertiary/aromatic N) is 2. The average Bonchev–Trinajstić information content (AvgIpc) is 3.14. The maximum Gasteiger partial charge on any atom is 0.163 e. The molecule has 0 aromatic heterocycles. The molecule has 0 atom stereocenters. The predicted octanol–water partition coefficient (Wildman–Crippen LogP) is 3.62.